The van der Waals surface area contributed by atoms with E-state index in [9.17, 15) is 4.79 Å². The topological polar surface area (TPSA) is 78.4 Å². The van der Waals surface area contributed by atoms with Crippen molar-refractivity contribution in [2.75, 3.05) is 27.4 Å². The van der Waals surface area contributed by atoms with Gasteiger partial charge in [-0.1, -0.05) is 36.4 Å². The van der Waals surface area contributed by atoms with E-state index in [2.05, 4.69) is 10.5 Å². The fourth-order valence-corrected chi connectivity index (χ4v) is 2.84. The van der Waals surface area contributed by atoms with Gasteiger partial charge in [0.1, 0.15) is 24.7 Å². The largest absolute Gasteiger partial charge is 0.493 e. The van der Waals surface area contributed by atoms with E-state index in [1.165, 1.54) is 6.21 Å². The number of carbonyl (C=O) groups is 1. The summed E-state index contributed by atoms with van der Waals surface area (Å²) in [5, 5.41) is 4.04. The van der Waals surface area contributed by atoms with Crippen molar-refractivity contribution in [1.29, 1.82) is 0 Å². The van der Waals surface area contributed by atoms with Gasteiger partial charge in [-0.2, -0.15) is 5.10 Å². The molecule has 0 unspecified atom stereocenters. The number of para-hydroxylation sites is 3. The maximum absolute atomic E-state index is 12.6. The van der Waals surface area contributed by atoms with Gasteiger partial charge in [0.25, 0.3) is 5.91 Å². The van der Waals surface area contributed by atoms with Gasteiger partial charge in [-0.15, -0.1) is 0 Å². The summed E-state index contributed by atoms with van der Waals surface area (Å²) in [5.74, 6) is 1.93. The van der Waals surface area contributed by atoms with Crippen LogP contribution in [0.1, 0.15) is 15.9 Å². The Morgan fingerprint density at radius 2 is 1.55 bits per heavy atom. The highest BCUT2D eigenvalue weighted by molar-refractivity contribution is 5.97. The average Bonchev–Trinajstić information content (AvgIpc) is 2.82. The molecule has 0 saturated carbocycles. The Balaban J connectivity index is 1.59. The van der Waals surface area contributed by atoms with Gasteiger partial charge in [0, 0.05) is 5.56 Å². The Labute approximate surface area is 181 Å². The van der Waals surface area contributed by atoms with Crippen LogP contribution in [0.2, 0.25) is 0 Å². The Hall–Kier alpha value is -4.00. The number of rotatable bonds is 10. The van der Waals surface area contributed by atoms with Crippen molar-refractivity contribution in [2.45, 2.75) is 0 Å². The molecule has 3 aromatic rings. The van der Waals surface area contributed by atoms with Crippen molar-refractivity contribution in [3.8, 4) is 23.0 Å². The first-order valence-corrected chi connectivity index (χ1v) is 9.67. The van der Waals surface area contributed by atoms with Gasteiger partial charge in [0.05, 0.1) is 26.0 Å². The van der Waals surface area contributed by atoms with Gasteiger partial charge in [-0.25, -0.2) is 5.43 Å². The minimum absolute atomic E-state index is 0.295. The van der Waals surface area contributed by atoms with Crippen LogP contribution in [0, 0.1) is 0 Å². The van der Waals surface area contributed by atoms with E-state index in [4.69, 9.17) is 18.9 Å². The van der Waals surface area contributed by atoms with Crippen LogP contribution in [0.3, 0.4) is 0 Å². The van der Waals surface area contributed by atoms with Crippen LogP contribution < -0.4 is 24.4 Å². The van der Waals surface area contributed by atoms with Crippen LogP contribution in [-0.4, -0.2) is 39.6 Å². The summed E-state index contributed by atoms with van der Waals surface area (Å²) in [6.45, 7) is 0.650. The highest BCUT2D eigenvalue weighted by atomic mass is 16.5. The van der Waals surface area contributed by atoms with Gasteiger partial charge in [0.2, 0.25) is 0 Å². The van der Waals surface area contributed by atoms with E-state index in [-0.39, 0.29) is 0 Å². The molecule has 1 N–H and O–H groups in total. The molecule has 1 amide bonds. The molecule has 160 valence electrons. The number of amides is 1. The molecule has 0 saturated heterocycles. The van der Waals surface area contributed by atoms with Crippen molar-refractivity contribution >= 4 is 12.1 Å². The molecular weight excluding hydrogens is 396 g/mol. The number of benzene rings is 3. The maximum atomic E-state index is 12.6. The third kappa shape index (κ3) is 5.99. The second-order valence-corrected chi connectivity index (χ2v) is 6.29. The van der Waals surface area contributed by atoms with Crippen molar-refractivity contribution in [3.63, 3.8) is 0 Å². The van der Waals surface area contributed by atoms with Crippen molar-refractivity contribution in [2.24, 2.45) is 5.10 Å². The number of hydrogen-bond donors (Lipinski definition) is 1. The molecule has 0 aliphatic rings. The molecule has 0 atom stereocenters. The fourth-order valence-electron chi connectivity index (χ4n) is 2.84. The second kappa shape index (κ2) is 11.3. The third-order valence-electron chi connectivity index (χ3n) is 4.29. The number of nitrogens with zero attached hydrogens (tertiary/aromatic N) is 1. The third-order valence-corrected chi connectivity index (χ3v) is 4.29. The monoisotopic (exact) mass is 420 g/mol. The van der Waals surface area contributed by atoms with E-state index >= 15 is 0 Å². The van der Waals surface area contributed by atoms with Crippen LogP contribution in [0.25, 0.3) is 0 Å². The molecule has 3 rings (SSSR count). The minimum atomic E-state index is -0.391. The summed E-state index contributed by atoms with van der Waals surface area (Å²) in [5.41, 5.74) is 3.56. The van der Waals surface area contributed by atoms with Gasteiger partial charge >= 0.3 is 0 Å². The van der Waals surface area contributed by atoms with Crippen molar-refractivity contribution in [3.05, 3.63) is 83.9 Å². The Kier molecular flexibility index (Phi) is 7.88. The lowest BCUT2D eigenvalue weighted by Crippen LogP contribution is -2.19. The number of methoxy groups -OCH3 is 2. The average molecular weight is 420 g/mol. The van der Waals surface area contributed by atoms with Gasteiger partial charge in [0.15, 0.2) is 11.5 Å². The van der Waals surface area contributed by atoms with Gasteiger partial charge in [-0.3, -0.25) is 4.79 Å². The zero-order chi connectivity index (χ0) is 21.9. The molecule has 0 radical (unpaired) electrons. The smallest absolute Gasteiger partial charge is 0.275 e. The maximum Gasteiger partial charge on any atom is 0.275 e. The predicted octanol–water partition coefficient (Wildman–Crippen LogP) is 3.93. The van der Waals surface area contributed by atoms with E-state index in [1.807, 2.05) is 36.4 Å². The lowest BCUT2D eigenvalue weighted by atomic mass is 10.2. The molecule has 0 spiro atoms. The summed E-state index contributed by atoms with van der Waals surface area (Å²) in [6, 6.07) is 21.8. The lowest BCUT2D eigenvalue weighted by Gasteiger charge is -2.11. The van der Waals surface area contributed by atoms with Gasteiger partial charge in [-0.05, 0) is 36.4 Å². The summed E-state index contributed by atoms with van der Waals surface area (Å²) >= 11 is 0. The molecule has 0 aromatic heterocycles. The number of ether oxygens (including phenoxy) is 4. The standard InChI is InChI=1S/C24H24N2O5/c1-28-22-14-8-9-18(23(22)29-2)17-25-26-24(27)20-12-6-7-13-21(20)31-16-15-30-19-10-4-3-5-11-19/h3-14,17H,15-16H2,1-2H3,(H,26,27)/b25-17+. The summed E-state index contributed by atoms with van der Waals surface area (Å²) in [7, 11) is 3.10. The van der Waals surface area contributed by atoms with E-state index in [0.717, 1.165) is 5.75 Å². The number of hydrogen-bond acceptors (Lipinski definition) is 6. The SMILES string of the molecule is COc1cccc(/C=N/NC(=O)c2ccccc2OCCOc2ccccc2)c1OC. The zero-order valence-corrected chi connectivity index (χ0v) is 17.4. The summed E-state index contributed by atoms with van der Waals surface area (Å²) in [6.07, 6.45) is 1.50. The van der Waals surface area contributed by atoms with Crippen LogP contribution in [0.5, 0.6) is 23.0 Å². The van der Waals surface area contributed by atoms with Crippen LogP contribution >= 0.6 is 0 Å². The Morgan fingerprint density at radius 1 is 0.839 bits per heavy atom. The highest BCUT2D eigenvalue weighted by Gasteiger charge is 2.12. The molecule has 0 aliphatic carbocycles. The summed E-state index contributed by atoms with van der Waals surface area (Å²) < 4.78 is 22.0. The van der Waals surface area contributed by atoms with E-state index in [0.29, 0.717) is 41.6 Å². The molecule has 7 nitrogen and oxygen atoms in total. The van der Waals surface area contributed by atoms with Gasteiger partial charge < -0.3 is 18.9 Å². The quantitative estimate of drug-likeness (QED) is 0.306. The molecule has 0 bridgehead atoms. The first-order chi connectivity index (χ1) is 15.2. The Bertz CT molecular complexity index is 1020. The number of carbonyl (C=O) groups excluding carboxylic acids is 1. The van der Waals surface area contributed by atoms with Crippen molar-refractivity contribution in [1.82, 2.24) is 5.43 Å². The van der Waals surface area contributed by atoms with Crippen LogP contribution in [0.4, 0.5) is 0 Å². The number of nitrogens with one attached hydrogen (secondary N) is 1. The first-order valence-electron chi connectivity index (χ1n) is 9.67. The second-order valence-electron chi connectivity index (χ2n) is 6.29. The molecule has 0 heterocycles. The van der Waals surface area contributed by atoms with Crippen LogP contribution in [0.15, 0.2) is 77.9 Å². The fraction of sp³-hybridized carbons (Fsp3) is 0.167. The molecule has 0 fully saturated rings. The molecule has 7 heteroatoms. The zero-order valence-electron chi connectivity index (χ0n) is 17.4. The minimum Gasteiger partial charge on any atom is -0.493 e. The first kappa shape index (κ1) is 21.7. The lowest BCUT2D eigenvalue weighted by molar-refractivity contribution is 0.0950. The predicted molar refractivity (Wildman–Crippen MR) is 118 cm³/mol. The highest BCUT2D eigenvalue weighted by Crippen LogP contribution is 2.29. The molecule has 3 aromatic carbocycles. The Morgan fingerprint density at radius 3 is 2.32 bits per heavy atom. The van der Waals surface area contributed by atoms with Crippen molar-refractivity contribution < 1.29 is 23.7 Å². The normalized spacial score (nSPS) is 10.5. The van der Waals surface area contributed by atoms with E-state index < -0.39 is 5.91 Å². The number of hydrazone groups is 1. The molecule has 0 aliphatic heterocycles. The van der Waals surface area contributed by atoms with Crippen LogP contribution in [-0.2, 0) is 0 Å². The molecule has 31 heavy (non-hydrogen) atoms. The summed E-state index contributed by atoms with van der Waals surface area (Å²) in [4.78, 5) is 12.6. The van der Waals surface area contributed by atoms with E-state index in [1.54, 1.807) is 50.6 Å². The molecular formula is C24H24N2O5.